The average Bonchev–Trinajstić information content (AvgIpc) is 2.67. The van der Waals surface area contributed by atoms with Crippen LogP contribution < -0.4 is 16.0 Å². The molecule has 0 saturated heterocycles. The lowest BCUT2D eigenvalue weighted by molar-refractivity contribution is -0.147. The molecule has 28 heavy (non-hydrogen) atoms. The van der Waals surface area contributed by atoms with Crippen molar-refractivity contribution in [2.75, 3.05) is 13.2 Å². The average molecular weight is 389 g/mol. The first kappa shape index (κ1) is 21.4. The molecule has 4 amide bonds. The Balaban J connectivity index is 1.65. The van der Waals surface area contributed by atoms with Crippen molar-refractivity contribution in [3.63, 3.8) is 0 Å². The lowest BCUT2D eigenvalue weighted by Crippen LogP contribution is -2.46. The van der Waals surface area contributed by atoms with Crippen LogP contribution in [-0.4, -0.2) is 43.0 Å². The van der Waals surface area contributed by atoms with E-state index in [2.05, 4.69) is 16.0 Å². The van der Waals surface area contributed by atoms with Crippen LogP contribution in [-0.2, 0) is 14.3 Å². The van der Waals surface area contributed by atoms with E-state index in [1.54, 1.807) is 12.1 Å². The minimum Gasteiger partial charge on any atom is -0.454 e. The van der Waals surface area contributed by atoms with Gasteiger partial charge in [0.25, 0.3) is 11.8 Å². The van der Waals surface area contributed by atoms with Gasteiger partial charge in [-0.1, -0.05) is 25.3 Å². The highest BCUT2D eigenvalue weighted by Gasteiger charge is 2.17. The van der Waals surface area contributed by atoms with E-state index in [-0.39, 0.29) is 12.6 Å². The first-order chi connectivity index (χ1) is 13.3. The van der Waals surface area contributed by atoms with E-state index >= 15 is 0 Å². The van der Waals surface area contributed by atoms with Gasteiger partial charge in [-0.2, -0.15) is 0 Å². The molecule has 3 N–H and O–H groups in total. The molecule has 1 aromatic rings. The summed E-state index contributed by atoms with van der Waals surface area (Å²) in [6.45, 7) is 2.88. The van der Waals surface area contributed by atoms with Crippen molar-refractivity contribution < 1.29 is 23.9 Å². The standard InChI is InChI=1S/C20H27N3O5/c1-13-8-9-15(10-14(13)2)19(26)21-11-18(25)28-12-17(24)23-20(27)22-16-6-4-3-5-7-16/h8-10,16H,3-7,11-12H2,1-2H3,(H,21,26)(H2,22,23,24,27). The molecule has 8 nitrogen and oxygen atoms in total. The molecule has 1 saturated carbocycles. The third kappa shape index (κ3) is 7.02. The second kappa shape index (κ2) is 10.4. The number of hydrogen-bond acceptors (Lipinski definition) is 5. The number of carbonyl (C=O) groups is 4. The van der Waals surface area contributed by atoms with Gasteiger partial charge in [-0.05, 0) is 49.9 Å². The summed E-state index contributed by atoms with van der Waals surface area (Å²) in [5, 5.41) is 7.31. The Morgan fingerprint density at radius 2 is 1.75 bits per heavy atom. The number of hydrogen-bond donors (Lipinski definition) is 3. The monoisotopic (exact) mass is 389 g/mol. The van der Waals surface area contributed by atoms with Gasteiger partial charge in [0.05, 0.1) is 0 Å². The molecule has 1 aromatic carbocycles. The molecule has 152 valence electrons. The second-order valence-electron chi connectivity index (χ2n) is 7.00. The van der Waals surface area contributed by atoms with Gasteiger partial charge in [0.1, 0.15) is 6.54 Å². The number of rotatable bonds is 6. The molecule has 8 heteroatoms. The largest absolute Gasteiger partial charge is 0.454 e. The van der Waals surface area contributed by atoms with Gasteiger partial charge in [-0.15, -0.1) is 0 Å². The fraction of sp³-hybridized carbons (Fsp3) is 0.500. The Labute approximate surface area is 164 Å². The summed E-state index contributed by atoms with van der Waals surface area (Å²) in [5.41, 5.74) is 2.47. The zero-order chi connectivity index (χ0) is 20.5. The molecule has 1 aliphatic carbocycles. The lowest BCUT2D eigenvalue weighted by Gasteiger charge is -2.22. The van der Waals surface area contributed by atoms with Gasteiger partial charge >= 0.3 is 12.0 Å². The molecule has 0 heterocycles. The third-order valence-electron chi connectivity index (χ3n) is 4.72. The normalized spacial score (nSPS) is 14.1. The topological polar surface area (TPSA) is 114 Å². The van der Waals surface area contributed by atoms with Crippen LogP contribution in [0.1, 0.15) is 53.6 Å². The molecule has 0 atom stereocenters. The molecule has 1 fully saturated rings. The van der Waals surface area contributed by atoms with Gasteiger partial charge in [0.2, 0.25) is 0 Å². The van der Waals surface area contributed by atoms with Gasteiger partial charge in [-0.3, -0.25) is 19.7 Å². The quantitative estimate of drug-likeness (QED) is 0.641. The van der Waals surface area contributed by atoms with Crippen LogP contribution in [0.4, 0.5) is 4.79 Å². The molecule has 0 unspecified atom stereocenters. The maximum Gasteiger partial charge on any atom is 0.325 e. The van der Waals surface area contributed by atoms with Crippen molar-refractivity contribution in [3.05, 3.63) is 34.9 Å². The SMILES string of the molecule is Cc1ccc(C(=O)NCC(=O)OCC(=O)NC(=O)NC2CCCCC2)cc1C. The number of benzene rings is 1. The molecular weight excluding hydrogens is 362 g/mol. The summed E-state index contributed by atoms with van der Waals surface area (Å²) in [7, 11) is 0. The van der Waals surface area contributed by atoms with E-state index in [4.69, 9.17) is 4.74 Å². The first-order valence-corrected chi connectivity index (χ1v) is 9.46. The fourth-order valence-corrected chi connectivity index (χ4v) is 2.97. The molecule has 0 aromatic heterocycles. The summed E-state index contributed by atoms with van der Waals surface area (Å²) < 4.78 is 4.78. The van der Waals surface area contributed by atoms with Crippen molar-refractivity contribution >= 4 is 23.8 Å². The number of nitrogens with one attached hydrogen (secondary N) is 3. The number of esters is 1. The zero-order valence-corrected chi connectivity index (χ0v) is 16.3. The third-order valence-corrected chi connectivity index (χ3v) is 4.72. The minimum atomic E-state index is -0.764. The van der Waals surface area contributed by atoms with Crippen LogP contribution in [0.2, 0.25) is 0 Å². The Kier molecular flexibility index (Phi) is 7.98. The number of urea groups is 1. The van der Waals surface area contributed by atoms with Crippen molar-refractivity contribution in [2.45, 2.75) is 52.0 Å². The summed E-state index contributed by atoms with van der Waals surface area (Å²) in [5.74, 6) is -1.89. The summed E-state index contributed by atoms with van der Waals surface area (Å²) in [6.07, 6.45) is 5.08. The van der Waals surface area contributed by atoms with Gasteiger partial charge < -0.3 is 15.4 Å². The van der Waals surface area contributed by atoms with Gasteiger partial charge in [-0.25, -0.2) is 4.79 Å². The Bertz CT molecular complexity index is 741. The van der Waals surface area contributed by atoms with Crippen molar-refractivity contribution in [3.8, 4) is 0 Å². The molecule has 0 radical (unpaired) electrons. The highest BCUT2D eigenvalue weighted by molar-refractivity contribution is 5.97. The number of imide groups is 1. The van der Waals surface area contributed by atoms with E-state index < -0.39 is 30.4 Å². The maximum atomic E-state index is 12.0. The number of amides is 4. The second-order valence-corrected chi connectivity index (χ2v) is 7.00. The van der Waals surface area contributed by atoms with Crippen molar-refractivity contribution in [2.24, 2.45) is 0 Å². The van der Waals surface area contributed by atoms with Crippen LogP contribution in [0.15, 0.2) is 18.2 Å². The fourth-order valence-electron chi connectivity index (χ4n) is 2.97. The molecule has 0 bridgehead atoms. The van der Waals surface area contributed by atoms with Crippen LogP contribution in [0, 0.1) is 13.8 Å². The number of ether oxygens (including phenoxy) is 1. The molecular formula is C20H27N3O5. The smallest absolute Gasteiger partial charge is 0.325 e. The van der Waals surface area contributed by atoms with Crippen LogP contribution >= 0.6 is 0 Å². The number of aryl methyl sites for hydroxylation is 2. The molecule has 2 rings (SSSR count). The van der Waals surface area contributed by atoms with Crippen LogP contribution in [0.3, 0.4) is 0 Å². The summed E-state index contributed by atoms with van der Waals surface area (Å²) in [6, 6.07) is 4.71. The van der Waals surface area contributed by atoms with E-state index in [1.807, 2.05) is 19.9 Å². The molecule has 1 aliphatic rings. The molecule has 0 spiro atoms. The zero-order valence-electron chi connectivity index (χ0n) is 16.3. The maximum absolute atomic E-state index is 12.0. The van der Waals surface area contributed by atoms with Crippen molar-refractivity contribution in [1.29, 1.82) is 0 Å². The minimum absolute atomic E-state index is 0.0738. The summed E-state index contributed by atoms with van der Waals surface area (Å²) in [4.78, 5) is 47.2. The van der Waals surface area contributed by atoms with Gasteiger partial charge in [0.15, 0.2) is 6.61 Å². The van der Waals surface area contributed by atoms with Gasteiger partial charge in [0, 0.05) is 11.6 Å². The summed E-state index contributed by atoms with van der Waals surface area (Å²) >= 11 is 0. The van der Waals surface area contributed by atoms with E-state index in [0.29, 0.717) is 5.56 Å². The Hall–Kier alpha value is -2.90. The molecule has 0 aliphatic heterocycles. The Morgan fingerprint density at radius 1 is 1.04 bits per heavy atom. The van der Waals surface area contributed by atoms with E-state index in [9.17, 15) is 19.2 Å². The van der Waals surface area contributed by atoms with E-state index in [0.717, 1.165) is 43.2 Å². The first-order valence-electron chi connectivity index (χ1n) is 9.46. The highest BCUT2D eigenvalue weighted by atomic mass is 16.5. The lowest BCUT2D eigenvalue weighted by atomic mass is 9.96. The highest BCUT2D eigenvalue weighted by Crippen LogP contribution is 2.17. The van der Waals surface area contributed by atoms with E-state index in [1.165, 1.54) is 0 Å². The number of carbonyl (C=O) groups excluding carboxylic acids is 4. The predicted molar refractivity (Wildman–Crippen MR) is 103 cm³/mol. The van der Waals surface area contributed by atoms with Crippen LogP contribution in [0.5, 0.6) is 0 Å². The Morgan fingerprint density at radius 3 is 2.43 bits per heavy atom. The predicted octanol–water partition coefficient (Wildman–Crippen LogP) is 1.73. The van der Waals surface area contributed by atoms with Crippen LogP contribution in [0.25, 0.3) is 0 Å². The van der Waals surface area contributed by atoms with Crippen molar-refractivity contribution in [1.82, 2.24) is 16.0 Å².